The largest absolute Gasteiger partial charge is 0.444 e. The number of rotatable bonds is 4. The quantitative estimate of drug-likeness (QED) is 0.746. The maximum absolute atomic E-state index is 12.1. The van der Waals surface area contributed by atoms with E-state index >= 15 is 0 Å². The minimum Gasteiger partial charge on any atom is -0.444 e. The summed E-state index contributed by atoms with van der Waals surface area (Å²) in [6, 6.07) is 0. The highest BCUT2D eigenvalue weighted by Crippen LogP contribution is 2.18. The number of ether oxygens (including phenoxy) is 1. The lowest BCUT2D eigenvalue weighted by Crippen LogP contribution is -2.48. The average Bonchev–Trinajstić information content (AvgIpc) is 2.12. The minimum atomic E-state index is -0.528. The van der Waals surface area contributed by atoms with Crippen molar-refractivity contribution in [1.29, 1.82) is 0 Å². The molecule has 0 radical (unpaired) electrons. The van der Waals surface area contributed by atoms with Gasteiger partial charge in [-0.25, -0.2) is 4.79 Å². The van der Waals surface area contributed by atoms with Gasteiger partial charge in [-0.15, -0.1) is 0 Å². The van der Waals surface area contributed by atoms with Crippen LogP contribution in [0.1, 0.15) is 48.0 Å². The monoisotopic (exact) mass is 321 g/mol. The highest BCUT2D eigenvalue weighted by molar-refractivity contribution is 9.09. The summed E-state index contributed by atoms with van der Waals surface area (Å²) < 4.78 is 5.36. The van der Waals surface area contributed by atoms with Gasteiger partial charge in [0.05, 0.1) is 5.33 Å². The summed E-state index contributed by atoms with van der Waals surface area (Å²) in [5.41, 5.74) is -0.894. The second-order valence-corrected chi connectivity index (χ2v) is 6.79. The molecule has 1 amide bonds. The number of hydrogen-bond acceptors (Lipinski definition) is 3. The molecule has 0 aromatic carbocycles. The van der Waals surface area contributed by atoms with E-state index in [1.807, 2.05) is 41.5 Å². The van der Waals surface area contributed by atoms with Crippen molar-refractivity contribution < 1.29 is 14.3 Å². The smallest absolute Gasteiger partial charge is 0.410 e. The zero-order valence-corrected chi connectivity index (χ0v) is 13.8. The van der Waals surface area contributed by atoms with Crippen LogP contribution < -0.4 is 0 Å². The van der Waals surface area contributed by atoms with Crippen LogP contribution in [0.15, 0.2) is 0 Å². The number of carbonyl (C=O) groups is 2. The van der Waals surface area contributed by atoms with Gasteiger partial charge in [0.15, 0.2) is 0 Å². The van der Waals surface area contributed by atoms with Gasteiger partial charge in [0.2, 0.25) is 0 Å². The van der Waals surface area contributed by atoms with Crippen LogP contribution in [0.4, 0.5) is 4.79 Å². The van der Waals surface area contributed by atoms with Crippen LogP contribution in [0.25, 0.3) is 0 Å². The van der Waals surface area contributed by atoms with Crippen LogP contribution in [-0.2, 0) is 9.53 Å². The first-order valence-electron chi connectivity index (χ1n) is 6.05. The van der Waals surface area contributed by atoms with Gasteiger partial charge in [0, 0.05) is 18.5 Å². The third-order valence-corrected chi connectivity index (χ3v) is 2.81. The van der Waals surface area contributed by atoms with Crippen LogP contribution in [-0.4, -0.2) is 39.8 Å². The summed E-state index contributed by atoms with van der Waals surface area (Å²) in [5, 5.41) is 0.319. The second kappa shape index (κ2) is 6.55. The average molecular weight is 322 g/mol. The van der Waals surface area contributed by atoms with Gasteiger partial charge >= 0.3 is 6.09 Å². The van der Waals surface area contributed by atoms with Gasteiger partial charge in [0.1, 0.15) is 11.4 Å². The Balaban J connectivity index is 4.70. The number of nitrogens with zero attached hydrogens (tertiary/aromatic N) is 1. The third kappa shape index (κ3) is 6.99. The van der Waals surface area contributed by atoms with Crippen molar-refractivity contribution in [3.63, 3.8) is 0 Å². The number of amides is 1. The molecule has 0 aromatic heterocycles. The number of Topliss-reactive ketones (excluding diaryl/α,β-unsaturated/α-hetero) is 1. The molecule has 0 unspecified atom stereocenters. The maximum Gasteiger partial charge on any atom is 0.410 e. The van der Waals surface area contributed by atoms with E-state index in [0.29, 0.717) is 18.3 Å². The van der Waals surface area contributed by atoms with Gasteiger partial charge in [-0.3, -0.25) is 4.79 Å². The zero-order valence-electron chi connectivity index (χ0n) is 12.2. The Kier molecular flexibility index (Phi) is 6.34. The van der Waals surface area contributed by atoms with E-state index in [9.17, 15) is 9.59 Å². The van der Waals surface area contributed by atoms with E-state index in [1.54, 1.807) is 4.90 Å². The van der Waals surface area contributed by atoms with Crippen LogP contribution >= 0.6 is 15.9 Å². The highest BCUT2D eigenvalue weighted by Gasteiger charge is 2.30. The summed E-state index contributed by atoms with van der Waals surface area (Å²) in [6.45, 7) is 11.6. The molecule has 0 heterocycles. The molecule has 5 heteroatoms. The predicted molar refractivity (Wildman–Crippen MR) is 76.1 cm³/mol. The van der Waals surface area contributed by atoms with Gasteiger partial charge in [-0.05, 0) is 41.5 Å². The van der Waals surface area contributed by atoms with Crippen molar-refractivity contribution in [1.82, 2.24) is 4.90 Å². The Bertz CT molecular complexity index is 302. The second-order valence-electron chi connectivity index (χ2n) is 6.23. The first kappa shape index (κ1) is 17.4. The number of ketones is 1. The van der Waals surface area contributed by atoms with Crippen LogP contribution in [0, 0.1) is 0 Å². The molecule has 0 spiro atoms. The van der Waals surface area contributed by atoms with E-state index in [2.05, 4.69) is 15.9 Å². The van der Waals surface area contributed by atoms with Crippen molar-refractivity contribution in [2.24, 2.45) is 0 Å². The third-order valence-electron chi connectivity index (χ3n) is 2.19. The Morgan fingerprint density at radius 2 is 1.61 bits per heavy atom. The lowest BCUT2D eigenvalue weighted by atomic mass is 10.1. The molecule has 0 aliphatic heterocycles. The molecule has 0 fully saturated rings. The molecule has 0 N–H and O–H groups in total. The molecular formula is C13H24BrNO3. The standard InChI is InChI=1S/C13H24BrNO3/c1-12(2,3)15(8-7-10(16)9-14)11(17)18-13(4,5)6/h7-9H2,1-6H3. The van der Waals surface area contributed by atoms with E-state index in [0.717, 1.165) is 0 Å². The van der Waals surface area contributed by atoms with Gasteiger partial charge in [-0.1, -0.05) is 15.9 Å². The molecule has 0 aromatic rings. The highest BCUT2D eigenvalue weighted by atomic mass is 79.9. The van der Waals surface area contributed by atoms with E-state index < -0.39 is 5.60 Å². The molecule has 0 saturated heterocycles. The summed E-state index contributed by atoms with van der Waals surface area (Å²) in [7, 11) is 0. The first-order valence-corrected chi connectivity index (χ1v) is 7.18. The number of carbonyl (C=O) groups excluding carboxylic acids is 2. The summed E-state index contributed by atoms with van der Waals surface area (Å²) in [6.07, 6.45) is -0.0424. The molecule has 0 rings (SSSR count). The molecule has 18 heavy (non-hydrogen) atoms. The van der Waals surface area contributed by atoms with Crippen molar-refractivity contribution in [3.8, 4) is 0 Å². The minimum absolute atomic E-state index is 0.0767. The molecule has 4 nitrogen and oxygen atoms in total. The van der Waals surface area contributed by atoms with E-state index in [4.69, 9.17) is 4.74 Å². The molecular weight excluding hydrogens is 298 g/mol. The Morgan fingerprint density at radius 3 is 1.94 bits per heavy atom. The van der Waals surface area contributed by atoms with Crippen LogP contribution in [0.3, 0.4) is 0 Å². The lowest BCUT2D eigenvalue weighted by Gasteiger charge is -2.36. The number of hydrogen-bond donors (Lipinski definition) is 0. The Morgan fingerprint density at radius 1 is 1.11 bits per heavy atom. The fourth-order valence-electron chi connectivity index (χ4n) is 1.32. The van der Waals surface area contributed by atoms with Crippen LogP contribution in [0.5, 0.6) is 0 Å². The van der Waals surface area contributed by atoms with Crippen molar-refractivity contribution >= 4 is 27.8 Å². The fraction of sp³-hybridized carbons (Fsp3) is 0.846. The zero-order chi connectivity index (χ0) is 14.6. The molecule has 0 aliphatic rings. The summed E-state index contributed by atoms with van der Waals surface area (Å²) in [5.74, 6) is 0.0767. The first-order chi connectivity index (χ1) is 7.97. The SMILES string of the molecule is CC(C)(C)OC(=O)N(CCC(=O)CBr)C(C)(C)C. The Hall–Kier alpha value is -0.580. The molecule has 106 valence electrons. The van der Waals surface area contributed by atoms with Gasteiger partial charge < -0.3 is 9.64 Å². The van der Waals surface area contributed by atoms with Crippen LogP contribution in [0.2, 0.25) is 0 Å². The van der Waals surface area contributed by atoms with E-state index in [-0.39, 0.29) is 17.4 Å². The maximum atomic E-state index is 12.1. The molecule has 0 bridgehead atoms. The van der Waals surface area contributed by atoms with Gasteiger partial charge in [0.25, 0.3) is 0 Å². The molecule has 0 aliphatic carbocycles. The van der Waals surface area contributed by atoms with Crippen molar-refractivity contribution in [2.45, 2.75) is 59.1 Å². The number of alkyl halides is 1. The summed E-state index contributed by atoms with van der Waals surface area (Å²) in [4.78, 5) is 25.0. The fourth-order valence-corrected chi connectivity index (χ4v) is 1.60. The van der Waals surface area contributed by atoms with Crippen molar-refractivity contribution in [2.75, 3.05) is 11.9 Å². The molecule has 0 atom stereocenters. The number of halogens is 1. The van der Waals surface area contributed by atoms with Gasteiger partial charge in [-0.2, -0.15) is 0 Å². The molecule has 0 saturated carbocycles. The Labute approximate surface area is 118 Å². The normalized spacial score (nSPS) is 12.2. The predicted octanol–water partition coefficient (Wildman–Crippen LogP) is 3.38. The topological polar surface area (TPSA) is 46.6 Å². The lowest BCUT2D eigenvalue weighted by molar-refractivity contribution is -0.116. The van der Waals surface area contributed by atoms with E-state index in [1.165, 1.54) is 0 Å². The summed E-state index contributed by atoms with van der Waals surface area (Å²) >= 11 is 3.12. The van der Waals surface area contributed by atoms with Crippen molar-refractivity contribution in [3.05, 3.63) is 0 Å².